The van der Waals surface area contributed by atoms with E-state index in [0.29, 0.717) is 11.4 Å². The molecule has 0 spiro atoms. The summed E-state index contributed by atoms with van der Waals surface area (Å²) in [4.78, 5) is 3.88. The molecule has 1 heterocycles. The normalized spacial score (nSPS) is 15.3. The molecule has 3 N–H and O–H groups in total. The Hall–Kier alpha value is -1.13. The van der Waals surface area contributed by atoms with E-state index in [9.17, 15) is 5.11 Å². The van der Waals surface area contributed by atoms with Gasteiger partial charge >= 0.3 is 0 Å². The summed E-state index contributed by atoms with van der Waals surface area (Å²) in [6.07, 6.45) is 0.577. The molecule has 0 radical (unpaired) electrons. The minimum absolute atomic E-state index is 0.286. The number of aliphatic hydroxyl groups excluding tert-OH is 1. The summed E-state index contributed by atoms with van der Waals surface area (Å²) in [6, 6.07) is 3.47. The van der Waals surface area contributed by atoms with E-state index in [2.05, 4.69) is 4.98 Å². The minimum atomic E-state index is -0.723. The van der Waals surface area contributed by atoms with Crippen molar-refractivity contribution in [2.24, 2.45) is 0 Å². The number of rotatable bonds is 3. The Morgan fingerprint density at radius 1 is 1.62 bits per heavy atom. The van der Waals surface area contributed by atoms with Crippen LogP contribution in [0, 0.1) is 0 Å². The predicted molar refractivity (Wildman–Crippen MR) is 50.1 cm³/mol. The number of methoxy groups -OCH3 is 1. The summed E-state index contributed by atoms with van der Waals surface area (Å²) in [5.41, 5.74) is 6.20. The number of ether oxygens (including phenoxy) is 1. The fraction of sp³-hybridized carbons (Fsp3) is 0.444. The number of hydrogen-bond donors (Lipinski definition) is 2. The Kier molecular flexibility index (Phi) is 3.22. The van der Waals surface area contributed by atoms with Gasteiger partial charge in [0.15, 0.2) is 0 Å². The molecule has 2 atom stereocenters. The third kappa shape index (κ3) is 2.17. The molecule has 0 saturated heterocycles. The Morgan fingerprint density at radius 3 is 2.85 bits per heavy atom. The number of nitrogens with zero attached hydrogens (tertiary/aromatic N) is 1. The van der Waals surface area contributed by atoms with Crippen molar-refractivity contribution in [2.75, 3.05) is 12.8 Å². The molecular weight excluding hydrogens is 168 g/mol. The molecule has 0 amide bonds. The van der Waals surface area contributed by atoms with Crippen molar-refractivity contribution in [1.82, 2.24) is 4.98 Å². The summed E-state index contributed by atoms with van der Waals surface area (Å²) in [7, 11) is 1.54. The van der Waals surface area contributed by atoms with Gasteiger partial charge in [-0.2, -0.15) is 0 Å². The standard InChI is InChI=1S/C9H14N2O2/c1-6(13-2)8(12)7-4-3-5-11-9(7)10/h3-6,8,12H,1-2H3,(H2,10,11). The van der Waals surface area contributed by atoms with Gasteiger partial charge in [-0.3, -0.25) is 0 Å². The van der Waals surface area contributed by atoms with Gasteiger partial charge in [0.2, 0.25) is 0 Å². The lowest BCUT2D eigenvalue weighted by Gasteiger charge is -2.18. The molecule has 4 nitrogen and oxygen atoms in total. The average Bonchev–Trinajstić information content (AvgIpc) is 2.16. The molecule has 0 saturated carbocycles. The molecule has 72 valence electrons. The second-order valence-corrected chi connectivity index (χ2v) is 2.86. The van der Waals surface area contributed by atoms with E-state index < -0.39 is 6.10 Å². The molecule has 1 aromatic rings. The number of nitrogen functional groups attached to an aromatic ring is 1. The number of hydrogen-bond acceptors (Lipinski definition) is 4. The summed E-state index contributed by atoms with van der Waals surface area (Å²) in [5, 5.41) is 9.72. The molecule has 0 aliphatic carbocycles. The predicted octanol–water partition coefficient (Wildman–Crippen LogP) is 0.732. The Balaban J connectivity index is 2.88. The lowest BCUT2D eigenvalue weighted by Crippen LogP contribution is -2.18. The quantitative estimate of drug-likeness (QED) is 0.723. The topological polar surface area (TPSA) is 68.4 Å². The van der Waals surface area contributed by atoms with Crippen LogP contribution in [-0.4, -0.2) is 23.3 Å². The van der Waals surface area contributed by atoms with Crippen molar-refractivity contribution in [3.05, 3.63) is 23.9 Å². The van der Waals surface area contributed by atoms with Crippen molar-refractivity contribution >= 4 is 5.82 Å². The van der Waals surface area contributed by atoms with Gasteiger partial charge in [-0.15, -0.1) is 0 Å². The van der Waals surface area contributed by atoms with Crippen LogP contribution in [0.3, 0.4) is 0 Å². The summed E-state index contributed by atoms with van der Waals surface area (Å²) < 4.78 is 4.99. The zero-order valence-corrected chi connectivity index (χ0v) is 7.77. The molecule has 0 bridgehead atoms. The molecule has 1 aromatic heterocycles. The summed E-state index contributed by atoms with van der Waals surface area (Å²) in [5.74, 6) is 0.346. The number of aliphatic hydroxyl groups is 1. The van der Waals surface area contributed by atoms with E-state index in [1.54, 1.807) is 32.4 Å². The Labute approximate surface area is 77.4 Å². The summed E-state index contributed by atoms with van der Waals surface area (Å²) >= 11 is 0. The highest BCUT2D eigenvalue weighted by Gasteiger charge is 2.18. The zero-order chi connectivity index (χ0) is 9.84. The van der Waals surface area contributed by atoms with E-state index in [-0.39, 0.29) is 6.10 Å². The first-order valence-corrected chi connectivity index (χ1v) is 4.08. The molecular formula is C9H14N2O2. The van der Waals surface area contributed by atoms with Crippen LogP contribution in [0.4, 0.5) is 5.82 Å². The van der Waals surface area contributed by atoms with Gasteiger partial charge < -0.3 is 15.6 Å². The second-order valence-electron chi connectivity index (χ2n) is 2.86. The number of pyridine rings is 1. The number of nitrogens with two attached hydrogens (primary N) is 1. The van der Waals surface area contributed by atoms with Crippen molar-refractivity contribution in [2.45, 2.75) is 19.1 Å². The molecule has 0 aromatic carbocycles. The van der Waals surface area contributed by atoms with Crippen LogP contribution >= 0.6 is 0 Å². The van der Waals surface area contributed by atoms with Crippen molar-refractivity contribution in [3.63, 3.8) is 0 Å². The molecule has 0 aliphatic heterocycles. The highest BCUT2D eigenvalue weighted by Crippen LogP contribution is 2.21. The fourth-order valence-corrected chi connectivity index (χ4v) is 1.06. The maximum Gasteiger partial charge on any atom is 0.129 e. The van der Waals surface area contributed by atoms with Crippen LogP contribution in [-0.2, 0) is 4.74 Å². The fourth-order valence-electron chi connectivity index (χ4n) is 1.06. The van der Waals surface area contributed by atoms with Gasteiger partial charge in [0, 0.05) is 18.9 Å². The van der Waals surface area contributed by atoms with E-state index in [1.165, 1.54) is 0 Å². The van der Waals surface area contributed by atoms with Crippen molar-refractivity contribution in [3.8, 4) is 0 Å². The third-order valence-electron chi connectivity index (χ3n) is 2.01. The SMILES string of the molecule is COC(C)C(O)c1cccnc1N. The van der Waals surface area contributed by atoms with Crippen LogP contribution in [0.1, 0.15) is 18.6 Å². The Bertz CT molecular complexity index is 278. The zero-order valence-electron chi connectivity index (χ0n) is 7.77. The lowest BCUT2D eigenvalue weighted by atomic mass is 10.1. The van der Waals surface area contributed by atoms with E-state index in [0.717, 1.165) is 0 Å². The first kappa shape index (κ1) is 9.95. The third-order valence-corrected chi connectivity index (χ3v) is 2.01. The van der Waals surface area contributed by atoms with Gasteiger partial charge in [-0.25, -0.2) is 4.98 Å². The van der Waals surface area contributed by atoms with Gasteiger partial charge in [0.1, 0.15) is 11.9 Å². The van der Waals surface area contributed by atoms with Crippen LogP contribution in [0.15, 0.2) is 18.3 Å². The first-order valence-electron chi connectivity index (χ1n) is 4.08. The minimum Gasteiger partial charge on any atom is -0.386 e. The largest absolute Gasteiger partial charge is 0.386 e. The lowest BCUT2D eigenvalue weighted by molar-refractivity contribution is -0.00118. The number of aromatic nitrogens is 1. The van der Waals surface area contributed by atoms with Gasteiger partial charge in [-0.1, -0.05) is 6.07 Å². The van der Waals surface area contributed by atoms with E-state index in [1.807, 2.05) is 0 Å². The summed E-state index contributed by atoms with van der Waals surface area (Å²) in [6.45, 7) is 1.77. The number of anilines is 1. The van der Waals surface area contributed by atoms with Crippen LogP contribution in [0.2, 0.25) is 0 Å². The highest BCUT2D eigenvalue weighted by atomic mass is 16.5. The molecule has 2 unspecified atom stereocenters. The van der Waals surface area contributed by atoms with Crippen molar-refractivity contribution < 1.29 is 9.84 Å². The molecule has 0 aliphatic rings. The van der Waals surface area contributed by atoms with Gasteiger partial charge in [-0.05, 0) is 13.0 Å². The average molecular weight is 182 g/mol. The van der Waals surface area contributed by atoms with Crippen LogP contribution in [0.5, 0.6) is 0 Å². The molecule has 13 heavy (non-hydrogen) atoms. The van der Waals surface area contributed by atoms with E-state index >= 15 is 0 Å². The van der Waals surface area contributed by atoms with Crippen molar-refractivity contribution in [1.29, 1.82) is 0 Å². The Morgan fingerprint density at radius 2 is 2.31 bits per heavy atom. The smallest absolute Gasteiger partial charge is 0.129 e. The van der Waals surface area contributed by atoms with Gasteiger partial charge in [0.25, 0.3) is 0 Å². The molecule has 0 fully saturated rings. The maximum atomic E-state index is 9.72. The monoisotopic (exact) mass is 182 g/mol. The molecule has 4 heteroatoms. The maximum absolute atomic E-state index is 9.72. The van der Waals surface area contributed by atoms with Crippen LogP contribution in [0.25, 0.3) is 0 Å². The highest BCUT2D eigenvalue weighted by molar-refractivity contribution is 5.40. The van der Waals surface area contributed by atoms with Crippen LogP contribution < -0.4 is 5.73 Å². The second kappa shape index (κ2) is 4.20. The first-order chi connectivity index (χ1) is 6.16. The van der Waals surface area contributed by atoms with E-state index in [4.69, 9.17) is 10.5 Å². The van der Waals surface area contributed by atoms with Gasteiger partial charge in [0.05, 0.1) is 6.10 Å². The molecule has 1 rings (SSSR count).